The number of rotatable bonds is 5. The maximum atomic E-state index is 12.0. The third-order valence-electron chi connectivity index (χ3n) is 2.41. The zero-order chi connectivity index (χ0) is 13.5. The van der Waals surface area contributed by atoms with Gasteiger partial charge in [-0.3, -0.25) is 4.90 Å². The van der Waals surface area contributed by atoms with Gasteiger partial charge in [0.1, 0.15) is 0 Å². The molecular formula is C14H22N2O2. The Morgan fingerprint density at radius 1 is 1.33 bits per heavy atom. The molecule has 0 aliphatic carbocycles. The molecule has 0 unspecified atom stereocenters. The van der Waals surface area contributed by atoms with Gasteiger partial charge in [0.05, 0.1) is 6.61 Å². The quantitative estimate of drug-likeness (QED) is 0.816. The molecule has 0 saturated carbocycles. The Hall–Kier alpha value is -1.71. The van der Waals surface area contributed by atoms with E-state index >= 15 is 0 Å². The average molecular weight is 250 g/mol. The van der Waals surface area contributed by atoms with Crippen LogP contribution in [0.1, 0.15) is 27.2 Å². The van der Waals surface area contributed by atoms with Crippen LogP contribution >= 0.6 is 0 Å². The summed E-state index contributed by atoms with van der Waals surface area (Å²) >= 11 is 0. The van der Waals surface area contributed by atoms with Crippen LogP contribution in [0.25, 0.3) is 0 Å². The molecule has 1 rings (SSSR count). The monoisotopic (exact) mass is 250 g/mol. The SMILES string of the molecule is CCCN(C(=O)OCC(C)C)c1ccc(N)cc1. The molecule has 1 aromatic carbocycles. The Kier molecular flexibility index (Phi) is 5.49. The van der Waals surface area contributed by atoms with Gasteiger partial charge < -0.3 is 10.5 Å². The van der Waals surface area contributed by atoms with Crippen molar-refractivity contribution < 1.29 is 9.53 Å². The third-order valence-corrected chi connectivity index (χ3v) is 2.41. The van der Waals surface area contributed by atoms with Gasteiger partial charge in [-0.05, 0) is 36.6 Å². The smallest absolute Gasteiger partial charge is 0.414 e. The molecule has 0 saturated heterocycles. The normalized spacial score (nSPS) is 10.4. The fraction of sp³-hybridized carbons (Fsp3) is 0.500. The van der Waals surface area contributed by atoms with Crippen LogP contribution in [0.3, 0.4) is 0 Å². The number of carbonyl (C=O) groups excluding carboxylic acids is 1. The van der Waals surface area contributed by atoms with Crippen LogP contribution in [0.4, 0.5) is 16.2 Å². The number of amides is 1. The van der Waals surface area contributed by atoms with Gasteiger partial charge >= 0.3 is 6.09 Å². The first-order chi connectivity index (χ1) is 8.54. The van der Waals surface area contributed by atoms with Crippen molar-refractivity contribution in [2.45, 2.75) is 27.2 Å². The fourth-order valence-electron chi connectivity index (χ4n) is 1.52. The second-order valence-electron chi connectivity index (χ2n) is 4.71. The van der Waals surface area contributed by atoms with Gasteiger partial charge in [-0.25, -0.2) is 4.79 Å². The summed E-state index contributed by atoms with van der Waals surface area (Å²) in [5.41, 5.74) is 7.15. The van der Waals surface area contributed by atoms with Crippen LogP contribution in [-0.2, 0) is 4.74 Å². The van der Waals surface area contributed by atoms with Crippen LogP contribution in [0, 0.1) is 5.92 Å². The second-order valence-corrected chi connectivity index (χ2v) is 4.71. The van der Waals surface area contributed by atoms with Crippen molar-refractivity contribution in [3.8, 4) is 0 Å². The predicted octanol–water partition coefficient (Wildman–Crippen LogP) is 3.28. The Morgan fingerprint density at radius 3 is 2.44 bits per heavy atom. The third kappa shape index (κ3) is 4.28. The van der Waals surface area contributed by atoms with Gasteiger partial charge in [-0.15, -0.1) is 0 Å². The Labute approximate surface area is 109 Å². The van der Waals surface area contributed by atoms with E-state index in [0.29, 0.717) is 24.8 Å². The minimum Gasteiger partial charge on any atom is -0.449 e. The maximum Gasteiger partial charge on any atom is 0.414 e. The lowest BCUT2D eigenvalue weighted by atomic mass is 10.2. The highest BCUT2D eigenvalue weighted by Crippen LogP contribution is 2.18. The summed E-state index contributed by atoms with van der Waals surface area (Å²) in [5.74, 6) is 0.337. The van der Waals surface area contributed by atoms with Crippen molar-refractivity contribution in [1.82, 2.24) is 0 Å². The van der Waals surface area contributed by atoms with Crippen LogP contribution in [0.2, 0.25) is 0 Å². The lowest BCUT2D eigenvalue weighted by Gasteiger charge is -2.22. The zero-order valence-electron chi connectivity index (χ0n) is 11.3. The summed E-state index contributed by atoms with van der Waals surface area (Å²) in [6, 6.07) is 7.24. The summed E-state index contributed by atoms with van der Waals surface area (Å²) in [7, 11) is 0. The van der Waals surface area contributed by atoms with Crippen LogP contribution in [0.15, 0.2) is 24.3 Å². The molecular weight excluding hydrogens is 228 g/mol. The molecule has 0 bridgehead atoms. The summed E-state index contributed by atoms with van der Waals surface area (Å²) in [6.07, 6.45) is 0.580. The van der Waals surface area contributed by atoms with E-state index in [4.69, 9.17) is 10.5 Å². The second kappa shape index (κ2) is 6.89. The highest BCUT2D eigenvalue weighted by Gasteiger charge is 2.16. The number of hydrogen-bond donors (Lipinski definition) is 1. The number of ether oxygens (including phenoxy) is 1. The molecule has 0 aliphatic heterocycles. The molecule has 0 spiro atoms. The molecule has 100 valence electrons. The topological polar surface area (TPSA) is 55.6 Å². The van der Waals surface area contributed by atoms with E-state index in [2.05, 4.69) is 0 Å². The first kappa shape index (κ1) is 14.4. The molecule has 2 N–H and O–H groups in total. The largest absolute Gasteiger partial charge is 0.449 e. The van der Waals surface area contributed by atoms with E-state index in [1.807, 2.05) is 32.9 Å². The Morgan fingerprint density at radius 2 is 1.94 bits per heavy atom. The van der Waals surface area contributed by atoms with Crippen LogP contribution in [-0.4, -0.2) is 19.2 Å². The van der Waals surface area contributed by atoms with Gasteiger partial charge in [0.25, 0.3) is 0 Å². The highest BCUT2D eigenvalue weighted by molar-refractivity contribution is 5.87. The van der Waals surface area contributed by atoms with Crippen LogP contribution < -0.4 is 10.6 Å². The van der Waals surface area contributed by atoms with Gasteiger partial charge in [0.2, 0.25) is 0 Å². The van der Waals surface area contributed by atoms with E-state index in [1.54, 1.807) is 17.0 Å². The molecule has 0 aliphatic rings. The summed E-state index contributed by atoms with van der Waals surface area (Å²) in [4.78, 5) is 13.6. The minimum absolute atomic E-state index is 0.296. The number of hydrogen-bond acceptors (Lipinski definition) is 3. The molecule has 0 heterocycles. The van der Waals surface area contributed by atoms with Crippen molar-refractivity contribution >= 4 is 17.5 Å². The summed E-state index contributed by atoms with van der Waals surface area (Å²) in [6.45, 7) is 7.14. The maximum absolute atomic E-state index is 12.0. The lowest BCUT2D eigenvalue weighted by Crippen LogP contribution is -2.33. The van der Waals surface area contributed by atoms with Crippen molar-refractivity contribution in [3.05, 3.63) is 24.3 Å². The van der Waals surface area contributed by atoms with E-state index in [0.717, 1.165) is 12.1 Å². The van der Waals surface area contributed by atoms with E-state index < -0.39 is 0 Å². The average Bonchev–Trinajstić information content (AvgIpc) is 2.34. The minimum atomic E-state index is -0.296. The van der Waals surface area contributed by atoms with Gasteiger partial charge in [-0.2, -0.15) is 0 Å². The van der Waals surface area contributed by atoms with Gasteiger partial charge in [0, 0.05) is 17.9 Å². The number of nitrogens with zero attached hydrogens (tertiary/aromatic N) is 1. The zero-order valence-corrected chi connectivity index (χ0v) is 11.3. The number of nitrogens with two attached hydrogens (primary N) is 1. The Balaban J connectivity index is 2.75. The molecule has 18 heavy (non-hydrogen) atoms. The lowest BCUT2D eigenvalue weighted by molar-refractivity contribution is 0.140. The van der Waals surface area contributed by atoms with E-state index in [1.165, 1.54) is 0 Å². The number of benzene rings is 1. The number of nitrogen functional groups attached to an aromatic ring is 1. The fourth-order valence-corrected chi connectivity index (χ4v) is 1.52. The summed E-state index contributed by atoms with van der Waals surface area (Å²) in [5, 5.41) is 0. The number of anilines is 2. The van der Waals surface area contributed by atoms with Gasteiger partial charge in [-0.1, -0.05) is 20.8 Å². The van der Waals surface area contributed by atoms with Crippen molar-refractivity contribution in [2.24, 2.45) is 5.92 Å². The first-order valence-electron chi connectivity index (χ1n) is 6.34. The molecule has 0 radical (unpaired) electrons. The molecule has 1 amide bonds. The molecule has 0 aromatic heterocycles. The van der Waals surface area contributed by atoms with Crippen molar-refractivity contribution in [2.75, 3.05) is 23.8 Å². The standard InChI is InChI=1S/C14H22N2O2/c1-4-9-16(14(17)18-10-11(2)3)13-7-5-12(15)6-8-13/h5-8,11H,4,9-10,15H2,1-3H3. The molecule has 4 nitrogen and oxygen atoms in total. The predicted molar refractivity (Wildman–Crippen MR) is 74.7 cm³/mol. The molecule has 1 aromatic rings. The van der Waals surface area contributed by atoms with Gasteiger partial charge in [0.15, 0.2) is 0 Å². The number of carbonyl (C=O) groups is 1. The Bertz CT molecular complexity index is 374. The molecule has 4 heteroatoms. The molecule has 0 atom stereocenters. The molecule has 0 fully saturated rings. The van der Waals surface area contributed by atoms with Crippen molar-refractivity contribution in [1.29, 1.82) is 0 Å². The summed E-state index contributed by atoms with van der Waals surface area (Å²) < 4.78 is 5.26. The van der Waals surface area contributed by atoms with Crippen LogP contribution in [0.5, 0.6) is 0 Å². The van der Waals surface area contributed by atoms with E-state index in [-0.39, 0.29) is 6.09 Å². The first-order valence-corrected chi connectivity index (χ1v) is 6.34. The van der Waals surface area contributed by atoms with Crippen molar-refractivity contribution in [3.63, 3.8) is 0 Å². The highest BCUT2D eigenvalue weighted by atomic mass is 16.6. The van der Waals surface area contributed by atoms with E-state index in [9.17, 15) is 4.79 Å².